The molecule has 7 heteroatoms. The summed E-state index contributed by atoms with van der Waals surface area (Å²) < 4.78 is 14.0. The smallest absolute Gasteiger partial charge is 0.242 e. The standard InChI is InChI=1S/C31H40ClFN4O/c1-6-21(4)30(25-11-9-23(7-2)10-12-25)20-37(22(5)24-13-15-29(38)16-14-24)36-31(34-8-3)35-28-18-26(32)17-27(33)19-28/h8-12,17-21,24,29,38H,5-7,13-16H2,1-4H3,(H,35,36)/b30-20+,34-8-. The highest BCUT2D eigenvalue weighted by atomic mass is 35.5. The van der Waals surface area contributed by atoms with Crippen LogP contribution in [0.25, 0.3) is 5.57 Å². The van der Waals surface area contributed by atoms with Crippen LogP contribution in [-0.2, 0) is 6.42 Å². The van der Waals surface area contributed by atoms with Gasteiger partial charge in [-0.05, 0) is 86.3 Å². The Kier molecular flexibility index (Phi) is 11.1. The van der Waals surface area contributed by atoms with Crippen LogP contribution < -0.4 is 5.43 Å². The van der Waals surface area contributed by atoms with Gasteiger partial charge in [0.25, 0.3) is 0 Å². The molecule has 0 aromatic heterocycles. The number of aryl methyl sites for hydroxylation is 1. The quantitative estimate of drug-likeness (QED) is 0.193. The van der Waals surface area contributed by atoms with Crippen LogP contribution in [0.3, 0.4) is 0 Å². The Balaban J connectivity index is 2.06. The highest BCUT2D eigenvalue weighted by molar-refractivity contribution is 6.30. The number of aliphatic imine (C=N–C) groups is 2. The molecule has 0 radical (unpaired) electrons. The van der Waals surface area contributed by atoms with Crippen molar-refractivity contribution in [3.63, 3.8) is 0 Å². The molecule has 1 saturated carbocycles. The van der Waals surface area contributed by atoms with Gasteiger partial charge in [0.2, 0.25) is 5.96 Å². The predicted molar refractivity (Wildman–Crippen MR) is 158 cm³/mol. The molecule has 0 amide bonds. The second-order valence-corrected chi connectivity index (χ2v) is 10.3. The SMILES string of the molecule is C=C(C1CCC(O)CC1)N(/C=C(/c1ccc(CC)cc1)C(C)CC)NC(=Nc1cc(F)cc(Cl)c1)/N=C\C. The van der Waals surface area contributed by atoms with Gasteiger partial charge >= 0.3 is 0 Å². The van der Waals surface area contributed by atoms with Crippen LogP contribution in [0.15, 0.2) is 70.9 Å². The van der Waals surface area contributed by atoms with E-state index in [1.807, 2.05) is 5.01 Å². The first-order valence-electron chi connectivity index (χ1n) is 13.5. The third-order valence-electron chi connectivity index (χ3n) is 7.14. The minimum Gasteiger partial charge on any atom is -0.393 e. The van der Waals surface area contributed by atoms with Crippen LogP contribution in [0.4, 0.5) is 10.1 Å². The van der Waals surface area contributed by atoms with E-state index in [0.29, 0.717) is 5.69 Å². The number of benzene rings is 2. The molecule has 38 heavy (non-hydrogen) atoms. The van der Waals surface area contributed by atoms with E-state index in [1.165, 1.54) is 17.7 Å². The number of guanidine groups is 1. The van der Waals surface area contributed by atoms with Crippen molar-refractivity contribution in [2.24, 2.45) is 21.8 Å². The molecule has 2 N–H and O–H groups in total. The van der Waals surface area contributed by atoms with Gasteiger partial charge in [0.05, 0.1) is 11.8 Å². The fourth-order valence-electron chi connectivity index (χ4n) is 4.61. The zero-order valence-electron chi connectivity index (χ0n) is 22.9. The van der Waals surface area contributed by atoms with E-state index in [2.05, 4.69) is 73.2 Å². The molecule has 1 unspecified atom stereocenters. The highest BCUT2D eigenvalue weighted by Gasteiger charge is 2.25. The molecular weight excluding hydrogens is 499 g/mol. The predicted octanol–water partition coefficient (Wildman–Crippen LogP) is 8.08. The van der Waals surface area contributed by atoms with E-state index in [0.717, 1.165) is 55.4 Å². The molecule has 1 aliphatic rings. The lowest BCUT2D eigenvalue weighted by atomic mass is 9.85. The summed E-state index contributed by atoms with van der Waals surface area (Å²) in [7, 11) is 0. The zero-order valence-corrected chi connectivity index (χ0v) is 23.7. The normalized spacial score (nSPS) is 19.4. The van der Waals surface area contributed by atoms with E-state index in [1.54, 1.807) is 19.2 Å². The van der Waals surface area contributed by atoms with Crippen molar-refractivity contribution in [2.45, 2.75) is 72.3 Å². The molecule has 1 atom stereocenters. The molecule has 0 spiro atoms. The van der Waals surface area contributed by atoms with Crippen LogP contribution in [-0.4, -0.2) is 28.4 Å². The van der Waals surface area contributed by atoms with Crippen LogP contribution >= 0.6 is 11.6 Å². The van der Waals surface area contributed by atoms with Crippen molar-refractivity contribution < 1.29 is 9.50 Å². The van der Waals surface area contributed by atoms with Crippen LogP contribution in [0.5, 0.6) is 0 Å². The van der Waals surface area contributed by atoms with E-state index < -0.39 is 5.82 Å². The molecule has 3 rings (SSSR count). The van der Waals surface area contributed by atoms with Gasteiger partial charge < -0.3 is 5.11 Å². The number of aliphatic hydroxyl groups is 1. The van der Waals surface area contributed by atoms with Gasteiger partial charge in [-0.2, -0.15) is 0 Å². The molecule has 0 saturated heterocycles. The summed E-state index contributed by atoms with van der Waals surface area (Å²) in [6.45, 7) is 12.8. The Hall–Kier alpha value is -2.96. The Morgan fingerprint density at radius 3 is 2.45 bits per heavy atom. The zero-order chi connectivity index (χ0) is 27.7. The van der Waals surface area contributed by atoms with Crippen molar-refractivity contribution in [1.82, 2.24) is 10.4 Å². The lowest BCUT2D eigenvalue weighted by Crippen LogP contribution is -2.40. The van der Waals surface area contributed by atoms with Gasteiger partial charge in [0.1, 0.15) is 5.82 Å². The molecule has 2 aromatic rings. The Bertz CT molecular complexity index is 1150. The fraction of sp³-hybridized carbons (Fsp3) is 0.419. The lowest BCUT2D eigenvalue weighted by molar-refractivity contribution is 0.110. The van der Waals surface area contributed by atoms with Gasteiger partial charge in [0, 0.05) is 29.1 Å². The van der Waals surface area contributed by atoms with Crippen LogP contribution in [0, 0.1) is 17.7 Å². The maximum absolute atomic E-state index is 14.0. The van der Waals surface area contributed by atoms with Crippen LogP contribution in [0.2, 0.25) is 5.02 Å². The van der Waals surface area contributed by atoms with Gasteiger partial charge in [-0.25, -0.2) is 14.4 Å². The Morgan fingerprint density at radius 1 is 1.18 bits per heavy atom. The number of hydrogen-bond donors (Lipinski definition) is 2. The average Bonchev–Trinajstić information content (AvgIpc) is 2.90. The lowest BCUT2D eigenvalue weighted by Gasteiger charge is -2.34. The number of aliphatic hydroxyl groups excluding tert-OH is 1. The van der Waals surface area contributed by atoms with Crippen molar-refractivity contribution >= 4 is 35.0 Å². The third-order valence-corrected chi connectivity index (χ3v) is 7.36. The van der Waals surface area contributed by atoms with E-state index in [-0.39, 0.29) is 28.9 Å². The number of halogens is 2. The first-order chi connectivity index (χ1) is 18.2. The summed E-state index contributed by atoms with van der Waals surface area (Å²) in [6.07, 6.45) is 8.59. The molecule has 0 heterocycles. The second kappa shape index (κ2) is 14.3. The van der Waals surface area contributed by atoms with Gasteiger partial charge in [-0.3, -0.25) is 10.4 Å². The fourth-order valence-corrected chi connectivity index (χ4v) is 4.83. The minimum absolute atomic E-state index is 0.193. The second-order valence-electron chi connectivity index (χ2n) is 9.87. The minimum atomic E-state index is -0.465. The number of rotatable bonds is 9. The van der Waals surface area contributed by atoms with Gasteiger partial charge in [0.15, 0.2) is 0 Å². The monoisotopic (exact) mass is 538 g/mol. The first-order valence-corrected chi connectivity index (χ1v) is 13.9. The first kappa shape index (κ1) is 29.6. The molecule has 5 nitrogen and oxygen atoms in total. The van der Waals surface area contributed by atoms with Crippen molar-refractivity contribution in [3.05, 3.63) is 82.9 Å². The number of nitrogens with zero attached hydrogens (tertiary/aromatic N) is 3. The molecular formula is C31H40ClFN4O. The Labute approximate surface area is 231 Å². The number of nitrogens with one attached hydrogen (secondary N) is 1. The van der Waals surface area contributed by atoms with Crippen molar-refractivity contribution in [3.8, 4) is 0 Å². The van der Waals surface area contributed by atoms with E-state index >= 15 is 0 Å². The summed E-state index contributed by atoms with van der Waals surface area (Å²) in [5.74, 6) is 0.294. The summed E-state index contributed by atoms with van der Waals surface area (Å²) >= 11 is 6.07. The molecule has 0 bridgehead atoms. The molecule has 1 fully saturated rings. The highest BCUT2D eigenvalue weighted by Crippen LogP contribution is 2.33. The van der Waals surface area contributed by atoms with Crippen LogP contribution in [0.1, 0.15) is 70.9 Å². The summed E-state index contributed by atoms with van der Waals surface area (Å²) in [4.78, 5) is 8.97. The number of allylic oxidation sites excluding steroid dienone is 2. The topological polar surface area (TPSA) is 60.2 Å². The Morgan fingerprint density at radius 2 is 1.87 bits per heavy atom. The van der Waals surface area contributed by atoms with Gasteiger partial charge in [-0.1, -0.05) is 63.2 Å². The summed E-state index contributed by atoms with van der Waals surface area (Å²) in [5.41, 5.74) is 8.16. The average molecular weight is 539 g/mol. The van der Waals surface area contributed by atoms with Crippen molar-refractivity contribution in [2.75, 3.05) is 0 Å². The molecule has 2 aromatic carbocycles. The molecule has 0 aliphatic heterocycles. The molecule has 1 aliphatic carbocycles. The molecule has 204 valence electrons. The number of hydrazine groups is 1. The maximum atomic E-state index is 14.0. The van der Waals surface area contributed by atoms with Gasteiger partial charge in [-0.15, -0.1) is 0 Å². The summed E-state index contributed by atoms with van der Waals surface area (Å²) in [5, 5.41) is 12.2. The summed E-state index contributed by atoms with van der Waals surface area (Å²) in [6, 6.07) is 12.8. The van der Waals surface area contributed by atoms with E-state index in [9.17, 15) is 9.50 Å². The largest absolute Gasteiger partial charge is 0.393 e. The maximum Gasteiger partial charge on any atom is 0.242 e. The number of hydrogen-bond acceptors (Lipinski definition) is 3. The van der Waals surface area contributed by atoms with E-state index in [4.69, 9.17) is 11.6 Å². The van der Waals surface area contributed by atoms with Crippen molar-refractivity contribution in [1.29, 1.82) is 0 Å². The third kappa shape index (κ3) is 8.27.